The van der Waals surface area contributed by atoms with Crippen LogP contribution in [0.25, 0.3) is 0 Å². The monoisotopic (exact) mass is 529 g/mol. The van der Waals surface area contributed by atoms with Crippen molar-refractivity contribution >= 4 is 38.8 Å². The number of anilines is 2. The first-order chi connectivity index (χ1) is 17.5. The highest BCUT2D eigenvalue weighted by molar-refractivity contribution is 7.92. The molecule has 0 atom stereocenters. The smallest absolute Gasteiger partial charge is 0.340 e. The van der Waals surface area contributed by atoms with Crippen molar-refractivity contribution in [3.05, 3.63) is 75.1 Å². The van der Waals surface area contributed by atoms with Crippen LogP contribution in [0.5, 0.6) is 5.75 Å². The first-order valence-corrected chi connectivity index (χ1v) is 12.6. The predicted molar refractivity (Wildman–Crippen MR) is 139 cm³/mol. The zero-order chi connectivity index (χ0) is 27.3. The number of nitrogens with zero attached hydrogens (tertiary/aromatic N) is 2. The SMILES string of the molecule is CCOC(=O)c1c(C)[nH]c(/C(C)=N/Nc2ccc([N+](=O)[O-])cc2S(=O)(=O)Nc2ccc(OC)cc2)c1C. The average molecular weight is 530 g/mol. The van der Waals surface area contributed by atoms with E-state index in [0.717, 1.165) is 6.07 Å². The number of aromatic nitrogens is 1. The highest BCUT2D eigenvalue weighted by Crippen LogP contribution is 2.29. The van der Waals surface area contributed by atoms with Crippen molar-refractivity contribution in [2.24, 2.45) is 5.10 Å². The molecule has 0 spiro atoms. The Balaban J connectivity index is 1.97. The maximum Gasteiger partial charge on any atom is 0.340 e. The number of hydrazone groups is 1. The standard InChI is InChI=1S/C24H27N5O7S/c1-6-36-24(30)22-14(2)23(25-15(22)3)16(4)26-27-20-12-9-18(29(31)32)13-21(20)37(33,34)28-17-7-10-19(35-5)11-8-17/h7-13,25,27-28H,6H2,1-5H3/b26-16+. The van der Waals surface area contributed by atoms with Gasteiger partial charge < -0.3 is 14.5 Å². The van der Waals surface area contributed by atoms with E-state index in [1.165, 1.54) is 31.4 Å². The molecule has 37 heavy (non-hydrogen) atoms. The van der Waals surface area contributed by atoms with Gasteiger partial charge in [0, 0.05) is 23.5 Å². The van der Waals surface area contributed by atoms with Crippen LogP contribution in [-0.2, 0) is 14.8 Å². The van der Waals surface area contributed by atoms with Gasteiger partial charge in [0.25, 0.3) is 15.7 Å². The molecule has 3 aromatic rings. The van der Waals surface area contributed by atoms with Crippen molar-refractivity contribution in [3.8, 4) is 5.75 Å². The van der Waals surface area contributed by atoms with Crippen LogP contribution in [0.15, 0.2) is 52.5 Å². The summed E-state index contributed by atoms with van der Waals surface area (Å²) in [4.78, 5) is 25.7. The summed E-state index contributed by atoms with van der Waals surface area (Å²) in [6.07, 6.45) is 0. The second-order valence-corrected chi connectivity index (χ2v) is 9.58. The molecule has 0 aliphatic carbocycles. The molecule has 0 saturated carbocycles. The van der Waals surface area contributed by atoms with E-state index < -0.39 is 26.6 Å². The predicted octanol–water partition coefficient (Wildman–Crippen LogP) is 4.36. The maximum absolute atomic E-state index is 13.2. The Morgan fingerprint density at radius 3 is 2.43 bits per heavy atom. The maximum atomic E-state index is 13.2. The molecule has 0 amide bonds. The lowest BCUT2D eigenvalue weighted by Gasteiger charge is -2.13. The molecule has 3 rings (SSSR count). The zero-order valence-electron chi connectivity index (χ0n) is 20.9. The minimum atomic E-state index is -4.26. The number of aryl methyl sites for hydroxylation is 1. The Morgan fingerprint density at radius 1 is 1.16 bits per heavy atom. The normalized spacial score (nSPS) is 11.6. The van der Waals surface area contributed by atoms with Crippen molar-refractivity contribution in [2.75, 3.05) is 23.9 Å². The third kappa shape index (κ3) is 6.06. The molecule has 196 valence electrons. The molecule has 0 fully saturated rings. The quantitative estimate of drug-likeness (QED) is 0.151. The van der Waals surface area contributed by atoms with Crippen LogP contribution in [0.4, 0.5) is 17.1 Å². The van der Waals surface area contributed by atoms with Gasteiger partial charge in [-0.3, -0.25) is 20.3 Å². The Hall–Kier alpha value is -4.39. The van der Waals surface area contributed by atoms with Crippen LogP contribution in [0.3, 0.4) is 0 Å². The van der Waals surface area contributed by atoms with Crippen LogP contribution in [0.1, 0.15) is 41.2 Å². The number of aromatic amines is 1. The molecular formula is C24H27N5O7S. The van der Waals surface area contributed by atoms with E-state index in [-0.39, 0.29) is 22.9 Å². The average Bonchev–Trinajstić information content (AvgIpc) is 3.16. The number of H-pyrrole nitrogens is 1. The van der Waals surface area contributed by atoms with Crippen molar-refractivity contribution in [2.45, 2.75) is 32.6 Å². The summed E-state index contributed by atoms with van der Waals surface area (Å²) >= 11 is 0. The van der Waals surface area contributed by atoms with Gasteiger partial charge in [0.2, 0.25) is 0 Å². The molecule has 1 heterocycles. The van der Waals surface area contributed by atoms with Crippen molar-refractivity contribution in [3.63, 3.8) is 0 Å². The number of nitro benzene ring substituents is 1. The number of carbonyl (C=O) groups excluding carboxylic acids is 1. The van der Waals surface area contributed by atoms with Gasteiger partial charge in [-0.05, 0) is 63.6 Å². The van der Waals surface area contributed by atoms with E-state index in [0.29, 0.717) is 34.0 Å². The van der Waals surface area contributed by atoms with Gasteiger partial charge in [0.1, 0.15) is 10.6 Å². The van der Waals surface area contributed by atoms with Crippen LogP contribution in [-0.4, -0.2) is 43.7 Å². The Labute approximate surface area is 213 Å². The largest absolute Gasteiger partial charge is 0.497 e. The Morgan fingerprint density at radius 2 is 1.84 bits per heavy atom. The number of methoxy groups -OCH3 is 1. The topological polar surface area (TPSA) is 165 Å². The number of sulfonamides is 1. The lowest BCUT2D eigenvalue weighted by Crippen LogP contribution is -2.15. The summed E-state index contributed by atoms with van der Waals surface area (Å²) in [5, 5.41) is 15.6. The third-order valence-electron chi connectivity index (χ3n) is 5.43. The molecule has 0 aliphatic rings. The second kappa shape index (κ2) is 11.1. The highest BCUT2D eigenvalue weighted by Gasteiger charge is 2.24. The number of hydrogen-bond donors (Lipinski definition) is 3. The fourth-order valence-corrected chi connectivity index (χ4v) is 4.87. The second-order valence-electron chi connectivity index (χ2n) is 7.93. The summed E-state index contributed by atoms with van der Waals surface area (Å²) in [5.41, 5.74) is 5.12. The third-order valence-corrected chi connectivity index (χ3v) is 6.85. The van der Waals surface area contributed by atoms with Gasteiger partial charge in [-0.15, -0.1) is 0 Å². The van der Waals surface area contributed by atoms with Gasteiger partial charge in [-0.1, -0.05) is 0 Å². The minimum Gasteiger partial charge on any atom is -0.497 e. The number of esters is 1. The number of non-ortho nitro benzene ring substituents is 1. The minimum absolute atomic E-state index is 0.0116. The van der Waals surface area contributed by atoms with Crippen LogP contribution in [0, 0.1) is 24.0 Å². The highest BCUT2D eigenvalue weighted by atomic mass is 32.2. The lowest BCUT2D eigenvalue weighted by molar-refractivity contribution is -0.385. The molecule has 13 heteroatoms. The zero-order valence-corrected chi connectivity index (χ0v) is 21.7. The van der Waals surface area contributed by atoms with E-state index >= 15 is 0 Å². The number of benzene rings is 2. The number of ether oxygens (including phenoxy) is 2. The molecule has 0 saturated heterocycles. The van der Waals surface area contributed by atoms with E-state index in [2.05, 4.69) is 20.2 Å². The van der Waals surface area contributed by atoms with Crippen molar-refractivity contribution in [1.82, 2.24) is 4.98 Å². The van der Waals surface area contributed by atoms with Crippen molar-refractivity contribution in [1.29, 1.82) is 0 Å². The van der Waals surface area contributed by atoms with Crippen LogP contribution < -0.4 is 14.9 Å². The molecular weight excluding hydrogens is 502 g/mol. The van der Waals surface area contributed by atoms with E-state index in [4.69, 9.17) is 9.47 Å². The van der Waals surface area contributed by atoms with Crippen LogP contribution >= 0.6 is 0 Å². The van der Waals surface area contributed by atoms with Gasteiger partial charge in [-0.2, -0.15) is 5.10 Å². The fraction of sp³-hybridized carbons (Fsp3) is 0.250. The molecule has 1 aromatic heterocycles. The summed E-state index contributed by atoms with van der Waals surface area (Å²) < 4.78 is 39.0. The van der Waals surface area contributed by atoms with Gasteiger partial charge >= 0.3 is 5.97 Å². The number of carbonyl (C=O) groups is 1. The Kier molecular flexibility index (Phi) is 8.17. The molecule has 0 unspecified atom stereocenters. The van der Waals surface area contributed by atoms with Gasteiger partial charge in [0.15, 0.2) is 0 Å². The molecule has 0 radical (unpaired) electrons. The van der Waals surface area contributed by atoms with Crippen molar-refractivity contribution < 1.29 is 27.6 Å². The molecule has 0 bridgehead atoms. The van der Waals surface area contributed by atoms with Crippen LogP contribution in [0.2, 0.25) is 0 Å². The first kappa shape index (κ1) is 27.2. The van der Waals surface area contributed by atoms with E-state index in [9.17, 15) is 23.3 Å². The molecule has 12 nitrogen and oxygen atoms in total. The number of hydrogen-bond acceptors (Lipinski definition) is 9. The number of nitrogens with one attached hydrogen (secondary N) is 3. The molecule has 3 N–H and O–H groups in total. The number of nitro groups is 1. The van der Waals surface area contributed by atoms with Gasteiger partial charge in [-0.25, -0.2) is 13.2 Å². The lowest BCUT2D eigenvalue weighted by atomic mass is 10.1. The molecule has 2 aromatic carbocycles. The summed E-state index contributed by atoms with van der Waals surface area (Å²) in [7, 11) is -2.77. The van der Waals surface area contributed by atoms with E-state index in [1.54, 1.807) is 39.8 Å². The fourth-order valence-electron chi connectivity index (χ4n) is 3.63. The summed E-state index contributed by atoms with van der Waals surface area (Å²) in [5.74, 6) is 0.0699. The summed E-state index contributed by atoms with van der Waals surface area (Å²) in [6, 6.07) is 9.52. The van der Waals surface area contributed by atoms with E-state index in [1.807, 2.05) is 0 Å². The molecule has 0 aliphatic heterocycles. The number of rotatable bonds is 10. The Bertz CT molecular complexity index is 1460. The summed E-state index contributed by atoms with van der Waals surface area (Å²) in [6.45, 7) is 7.08. The first-order valence-electron chi connectivity index (χ1n) is 11.1. The van der Waals surface area contributed by atoms with Gasteiger partial charge in [0.05, 0.1) is 41.3 Å².